The Morgan fingerprint density at radius 1 is 1.18 bits per heavy atom. The molecule has 1 aliphatic rings. The van der Waals surface area contributed by atoms with Crippen LogP contribution in [0.15, 0.2) is 0 Å². The smallest absolute Gasteiger partial charge is 0.438 e. The standard InChI is InChI=1S/C9H11F6NO5S/c10-8(11,12)7(9(13,14)15,4-22(18,19)20)21-6(17)5-1-2-16-3-5/h5,16H,1-4H2,(H,18,19,20)/p-1. The van der Waals surface area contributed by atoms with Crippen LogP contribution in [0.1, 0.15) is 6.42 Å². The minimum atomic E-state index is -6.33. The van der Waals surface area contributed by atoms with Gasteiger partial charge in [0.05, 0.1) is 21.8 Å². The van der Waals surface area contributed by atoms with E-state index in [0.29, 0.717) is 0 Å². The van der Waals surface area contributed by atoms with E-state index in [1.54, 1.807) is 0 Å². The molecule has 0 saturated carbocycles. The first-order chi connectivity index (χ1) is 9.70. The molecule has 13 heteroatoms. The summed E-state index contributed by atoms with van der Waals surface area (Å²) in [5.74, 6) is -6.14. The maximum atomic E-state index is 12.8. The van der Waals surface area contributed by atoms with Crippen molar-refractivity contribution in [2.75, 3.05) is 18.8 Å². The summed E-state index contributed by atoms with van der Waals surface area (Å²) < 4.78 is 112. The Morgan fingerprint density at radius 2 is 1.68 bits per heavy atom. The van der Waals surface area contributed by atoms with Crippen molar-refractivity contribution in [2.45, 2.75) is 24.4 Å². The highest BCUT2D eigenvalue weighted by atomic mass is 32.2. The molecular formula is C9H10F6NO5S-. The van der Waals surface area contributed by atoms with Crippen LogP contribution >= 0.6 is 0 Å². The maximum absolute atomic E-state index is 12.8. The Balaban J connectivity index is 3.27. The molecule has 1 heterocycles. The van der Waals surface area contributed by atoms with Crippen LogP contribution in [0.3, 0.4) is 0 Å². The predicted octanol–water partition coefficient (Wildman–Crippen LogP) is 0.548. The molecule has 0 aromatic carbocycles. The lowest BCUT2D eigenvalue weighted by atomic mass is 10.0. The summed E-state index contributed by atoms with van der Waals surface area (Å²) in [5, 5.41) is 2.52. The summed E-state index contributed by atoms with van der Waals surface area (Å²) in [6, 6.07) is 0. The van der Waals surface area contributed by atoms with E-state index < -0.39 is 45.7 Å². The van der Waals surface area contributed by atoms with Gasteiger partial charge in [0.25, 0.3) is 0 Å². The first-order valence-corrected chi connectivity index (χ1v) is 7.28. The molecule has 1 atom stereocenters. The molecule has 0 aromatic heterocycles. The molecule has 0 amide bonds. The molecule has 1 N–H and O–H groups in total. The van der Waals surface area contributed by atoms with Crippen LogP contribution in [-0.2, 0) is 19.6 Å². The van der Waals surface area contributed by atoms with E-state index in [9.17, 15) is 44.1 Å². The predicted molar refractivity (Wildman–Crippen MR) is 56.5 cm³/mol. The van der Waals surface area contributed by atoms with Crippen LogP contribution in [0.25, 0.3) is 0 Å². The lowest BCUT2D eigenvalue weighted by Gasteiger charge is -2.37. The maximum Gasteiger partial charge on any atom is 0.438 e. The number of ether oxygens (including phenoxy) is 1. The van der Waals surface area contributed by atoms with Crippen molar-refractivity contribution in [1.82, 2.24) is 5.32 Å². The second-order valence-corrected chi connectivity index (χ2v) is 6.04. The van der Waals surface area contributed by atoms with Gasteiger partial charge in [0, 0.05) is 6.54 Å². The molecule has 22 heavy (non-hydrogen) atoms. The summed E-state index contributed by atoms with van der Waals surface area (Å²) >= 11 is 0. The molecule has 0 bridgehead atoms. The van der Waals surface area contributed by atoms with Crippen LogP contribution in [0.5, 0.6) is 0 Å². The lowest BCUT2D eigenvalue weighted by molar-refractivity contribution is -0.362. The lowest BCUT2D eigenvalue weighted by Crippen LogP contribution is -2.63. The van der Waals surface area contributed by atoms with Crippen LogP contribution in [-0.4, -0.2) is 55.7 Å². The van der Waals surface area contributed by atoms with Gasteiger partial charge in [-0.05, 0) is 13.0 Å². The third-order valence-electron chi connectivity index (χ3n) is 2.96. The Labute approximate surface area is 120 Å². The van der Waals surface area contributed by atoms with Gasteiger partial charge in [0.2, 0.25) is 0 Å². The molecule has 0 aliphatic carbocycles. The first kappa shape index (κ1) is 19.0. The average molecular weight is 358 g/mol. The monoisotopic (exact) mass is 358 g/mol. The fourth-order valence-corrected chi connectivity index (χ4v) is 2.71. The Morgan fingerprint density at radius 3 is 2.00 bits per heavy atom. The fourth-order valence-electron chi connectivity index (χ4n) is 1.83. The highest BCUT2D eigenvalue weighted by Crippen LogP contribution is 2.47. The molecule has 1 fully saturated rings. The van der Waals surface area contributed by atoms with Crippen LogP contribution in [0.2, 0.25) is 0 Å². The molecule has 1 aliphatic heterocycles. The van der Waals surface area contributed by atoms with Crippen LogP contribution in [0.4, 0.5) is 26.3 Å². The van der Waals surface area contributed by atoms with Crippen LogP contribution in [0, 0.1) is 5.92 Å². The van der Waals surface area contributed by atoms with Crippen molar-refractivity contribution < 1.29 is 48.8 Å². The van der Waals surface area contributed by atoms with E-state index in [1.165, 1.54) is 0 Å². The topological polar surface area (TPSA) is 95.5 Å². The van der Waals surface area contributed by atoms with Crippen molar-refractivity contribution in [3.05, 3.63) is 0 Å². The van der Waals surface area contributed by atoms with Gasteiger partial charge >= 0.3 is 23.9 Å². The van der Waals surface area contributed by atoms with Gasteiger partial charge in [-0.15, -0.1) is 0 Å². The largest absolute Gasteiger partial charge is 0.748 e. The van der Waals surface area contributed by atoms with Gasteiger partial charge in [0.1, 0.15) is 0 Å². The van der Waals surface area contributed by atoms with Gasteiger partial charge < -0.3 is 14.6 Å². The zero-order valence-electron chi connectivity index (χ0n) is 10.6. The van der Waals surface area contributed by atoms with E-state index in [2.05, 4.69) is 10.1 Å². The normalized spacial score (nSPS) is 21.0. The van der Waals surface area contributed by atoms with E-state index in [-0.39, 0.29) is 19.5 Å². The Kier molecular flexibility index (Phi) is 5.04. The average Bonchev–Trinajstić information content (AvgIpc) is 2.75. The highest BCUT2D eigenvalue weighted by Gasteiger charge is 2.75. The van der Waals surface area contributed by atoms with E-state index >= 15 is 0 Å². The fraction of sp³-hybridized carbons (Fsp3) is 0.889. The molecule has 0 aromatic rings. The van der Waals surface area contributed by atoms with Crippen molar-refractivity contribution in [1.29, 1.82) is 0 Å². The van der Waals surface area contributed by atoms with Gasteiger partial charge in [0.15, 0.2) is 0 Å². The molecule has 6 nitrogen and oxygen atoms in total. The third-order valence-corrected chi connectivity index (χ3v) is 3.72. The number of esters is 1. The summed E-state index contributed by atoms with van der Waals surface area (Å²) in [7, 11) is -6.00. The number of carbonyl (C=O) groups excluding carboxylic acids is 1. The molecule has 1 saturated heterocycles. The number of hydrogen-bond donors (Lipinski definition) is 1. The number of nitrogens with one attached hydrogen (secondary N) is 1. The number of halogens is 6. The minimum absolute atomic E-state index is 0.0747. The zero-order valence-corrected chi connectivity index (χ0v) is 11.4. The molecular weight excluding hydrogens is 348 g/mol. The second kappa shape index (κ2) is 5.85. The summed E-state index contributed by atoms with van der Waals surface area (Å²) in [5.41, 5.74) is -5.39. The van der Waals surface area contributed by atoms with E-state index in [4.69, 9.17) is 0 Å². The first-order valence-electron chi connectivity index (χ1n) is 5.70. The van der Waals surface area contributed by atoms with Gasteiger partial charge in [-0.2, -0.15) is 26.3 Å². The molecule has 1 rings (SSSR count). The van der Waals surface area contributed by atoms with Crippen molar-refractivity contribution in [3.8, 4) is 0 Å². The minimum Gasteiger partial charge on any atom is -0.748 e. The summed E-state index contributed by atoms with van der Waals surface area (Å²) in [4.78, 5) is 11.5. The van der Waals surface area contributed by atoms with E-state index in [0.717, 1.165) is 0 Å². The SMILES string of the molecule is O=C(OC(CS(=O)(=O)[O-])(C(F)(F)F)C(F)(F)F)C1CCNC1. The zero-order chi connectivity index (χ0) is 17.4. The molecule has 1 unspecified atom stereocenters. The molecule has 0 spiro atoms. The van der Waals surface area contributed by atoms with E-state index in [1.807, 2.05) is 0 Å². The Bertz CT molecular complexity index is 508. The Hall–Kier alpha value is -1.08. The van der Waals surface area contributed by atoms with Crippen molar-refractivity contribution in [3.63, 3.8) is 0 Å². The quantitative estimate of drug-likeness (QED) is 0.448. The highest BCUT2D eigenvalue weighted by molar-refractivity contribution is 7.85. The van der Waals surface area contributed by atoms with Crippen LogP contribution < -0.4 is 5.32 Å². The van der Waals surface area contributed by atoms with Crippen molar-refractivity contribution >= 4 is 16.1 Å². The van der Waals surface area contributed by atoms with Crippen molar-refractivity contribution in [2.24, 2.45) is 5.92 Å². The number of rotatable bonds is 4. The number of alkyl halides is 6. The number of hydrogen-bond acceptors (Lipinski definition) is 6. The molecule has 0 radical (unpaired) electrons. The van der Waals surface area contributed by atoms with Gasteiger partial charge in [-0.25, -0.2) is 8.42 Å². The summed E-state index contributed by atoms with van der Waals surface area (Å²) in [6.07, 6.45) is -12.7. The number of carbonyl (C=O) groups is 1. The van der Waals surface area contributed by atoms with Gasteiger partial charge in [-0.3, -0.25) is 4.79 Å². The second-order valence-electron chi connectivity index (χ2n) is 4.64. The summed E-state index contributed by atoms with van der Waals surface area (Å²) in [6.45, 7) is -0.0423. The third kappa shape index (κ3) is 4.01. The molecule has 130 valence electrons. The van der Waals surface area contributed by atoms with Gasteiger partial charge in [-0.1, -0.05) is 0 Å².